The lowest BCUT2D eigenvalue weighted by atomic mass is 10.1. The lowest BCUT2D eigenvalue weighted by Crippen LogP contribution is -2.51. The van der Waals surface area contributed by atoms with E-state index in [4.69, 9.17) is 23.2 Å². The standard InChI is InChI=1S/C26H32Cl2N2O2S/c1-3-24(26(32)29-20-7-4-5-8-20)30(15-19-13-11-18(2)12-14-19)25(31)17-33-16-21-22(27)9-6-10-23(21)28/h6,9-14,20,24H,3-5,7-8,15-17H2,1-2H3,(H,29,32)/t24-/m1/s1. The molecule has 0 radical (unpaired) electrons. The van der Waals surface area contributed by atoms with Gasteiger partial charge in [0.2, 0.25) is 11.8 Å². The lowest BCUT2D eigenvalue weighted by molar-refractivity contribution is -0.139. The monoisotopic (exact) mass is 506 g/mol. The summed E-state index contributed by atoms with van der Waals surface area (Å²) in [4.78, 5) is 28.3. The van der Waals surface area contributed by atoms with Crippen LogP contribution in [0, 0.1) is 6.92 Å². The van der Waals surface area contributed by atoms with Gasteiger partial charge in [-0.05, 0) is 49.4 Å². The Morgan fingerprint density at radius 1 is 1.09 bits per heavy atom. The molecule has 7 heteroatoms. The fourth-order valence-electron chi connectivity index (χ4n) is 4.17. The summed E-state index contributed by atoms with van der Waals surface area (Å²) >= 11 is 14.0. The Labute approximate surface area is 211 Å². The van der Waals surface area contributed by atoms with E-state index in [0.29, 0.717) is 28.8 Å². The Morgan fingerprint density at radius 2 is 1.73 bits per heavy atom. The molecule has 2 aromatic carbocycles. The number of nitrogens with one attached hydrogen (secondary N) is 1. The number of amides is 2. The zero-order valence-electron chi connectivity index (χ0n) is 19.3. The van der Waals surface area contributed by atoms with Crippen molar-refractivity contribution in [2.24, 2.45) is 0 Å². The average molecular weight is 508 g/mol. The quantitative estimate of drug-likeness (QED) is 0.405. The lowest BCUT2D eigenvalue weighted by Gasteiger charge is -2.31. The Bertz CT molecular complexity index is 926. The fraction of sp³-hybridized carbons (Fsp3) is 0.462. The van der Waals surface area contributed by atoms with Gasteiger partial charge in [0.15, 0.2) is 0 Å². The maximum absolute atomic E-state index is 13.4. The maximum Gasteiger partial charge on any atom is 0.243 e. The van der Waals surface area contributed by atoms with Crippen LogP contribution in [0.15, 0.2) is 42.5 Å². The van der Waals surface area contributed by atoms with Crippen LogP contribution >= 0.6 is 35.0 Å². The van der Waals surface area contributed by atoms with Crippen LogP contribution in [-0.2, 0) is 21.9 Å². The van der Waals surface area contributed by atoms with Crippen LogP contribution in [0.2, 0.25) is 10.0 Å². The van der Waals surface area contributed by atoms with Gasteiger partial charge in [0.1, 0.15) is 6.04 Å². The summed E-state index contributed by atoms with van der Waals surface area (Å²) in [5.41, 5.74) is 3.00. The van der Waals surface area contributed by atoms with Crippen molar-refractivity contribution in [3.05, 3.63) is 69.2 Å². The van der Waals surface area contributed by atoms with Gasteiger partial charge in [-0.25, -0.2) is 0 Å². The highest BCUT2D eigenvalue weighted by Gasteiger charge is 2.30. The summed E-state index contributed by atoms with van der Waals surface area (Å²) in [6.45, 7) is 4.40. The molecule has 1 N–H and O–H groups in total. The molecule has 1 saturated carbocycles. The zero-order chi connectivity index (χ0) is 23.8. The van der Waals surface area contributed by atoms with Gasteiger partial charge in [-0.1, -0.05) is 78.9 Å². The molecule has 33 heavy (non-hydrogen) atoms. The van der Waals surface area contributed by atoms with Crippen LogP contribution in [0.3, 0.4) is 0 Å². The molecular weight excluding hydrogens is 475 g/mol. The first-order valence-electron chi connectivity index (χ1n) is 11.5. The largest absolute Gasteiger partial charge is 0.352 e. The highest BCUT2D eigenvalue weighted by molar-refractivity contribution is 7.99. The number of thioether (sulfide) groups is 1. The third-order valence-electron chi connectivity index (χ3n) is 6.09. The van der Waals surface area contributed by atoms with E-state index in [1.54, 1.807) is 17.0 Å². The van der Waals surface area contributed by atoms with E-state index in [1.165, 1.54) is 11.8 Å². The number of halogens is 2. The van der Waals surface area contributed by atoms with Crippen molar-refractivity contribution in [1.29, 1.82) is 0 Å². The fourth-order valence-corrected chi connectivity index (χ4v) is 5.82. The molecule has 1 atom stereocenters. The van der Waals surface area contributed by atoms with E-state index in [2.05, 4.69) is 5.32 Å². The molecule has 0 aromatic heterocycles. The van der Waals surface area contributed by atoms with Crippen molar-refractivity contribution < 1.29 is 9.59 Å². The summed E-state index contributed by atoms with van der Waals surface area (Å²) in [7, 11) is 0. The molecule has 0 aliphatic heterocycles. The molecule has 0 spiro atoms. The van der Waals surface area contributed by atoms with Crippen LogP contribution in [-0.4, -0.2) is 34.6 Å². The molecule has 3 rings (SSSR count). The predicted molar refractivity (Wildman–Crippen MR) is 139 cm³/mol. The van der Waals surface area contributed by atoms with Crippen molar-refractivity contribution >= 4 is 46.8 Å². The van der Waals surface area contributed by atoms with Crippen LogP contribution in [0.25, 0.3) is 0 Å². The van der Waals surface area contributed by atoms with E-state index in [-0.39, 0.29) is 23.6 Å². The Kier molecular flexibility index (Phi) is 9.96. The summed E-state index contributed by atoms with van der Waals surface area (Å²) in [5, 5.41) is 4.38. The van der Waals surface area contributed by atoms with Gasteiger partial charge in [-0.3, -0.25) is 9.59 Å². The third kappa shape index (κ3) is 7.40. The second kappa shape index (κ2) is 12.7. The van der Waals surface area contributed by atoms with E-state index in [9.17, 15) is 9.59 Å². The first kappa shape index (κ1) is 25.9. The van der Waals surface area contributed by atoms with E-state index in [1.807, 2.05) is 44.2 Å². The van der Waals surface area contributed by atoms with E-state index < -0.39 is 6.04 Å². The van der Waals surface area contributed by atoms with Crippen LogP contribution < -0.4 is 5.32 Å². The third-order valence-corrected chi connectivity index (χ3v) is 7.75. The number of hydrogen-bond donors (Lipinski definition) is 1. The summed E-state index contributed by atoms with van der Waals surface area (Å²) in [5.74, 6) is 0.676. The van der Waals surface area contributed by atoms with Gasteiger partial charge in [0, 0.05) is 28.4 Å². The van der Waals surface area contributed by atoms with Crippen molar-refractivity contribution in [3.63, 3.8) is 0 Å². The van der Waals surface area contributed by atoms with Gasteiger partial charge >= 0.3 is 0 Å². The minimum Gasteiger partial charge on any atom is -0.352 e. The summed E-state index contributed by atoms with van der Waals surface area (Å²) in [6, 6.07) is 13.2. The Balaban J connectivity index is 1.72. The molecule has 0 bridgehead atoms. The number of aryl methyl sites for hydroxylation is 1. The summed E-state index contributed by atoms with van der Waals surface area (Å²) < 4.78 is 0. The maximum atomic E-state index is 13.4. The Morgan fingerprint density at radius 3 is 2.33 bits per heavy atom. The predicted octanol–water partition coefficient (Wildman–Crippen LogP) is 6.40. The Hall–Kier alpha value is -1.69. The summed E-state index contributed by atoms with van der Waals surface area (Å²) in [6.07, 6.45) is 4.90. The highest BCUT2D eigenvalue weighted by atomic mass is 35.5. The molecular formula is C26H32Cl2N2O2S. The van der Waals surface area contributed by atoms with Crippen molar-refractivity contribution in [2.45, 2.75) is 70.3 Å². The van der Waals surface area contributed by atoms with Crippen molar-refractivity contribution in [3.8, 4) is 0 Å². The number of carbonyl (C=O) groups excluding carboxylic acids is 2. The molecule has 178 valence electrons. The van der Waals surface area contributed by atoms with Crippen LogP contribution in [0.5, 0.6) is 0 Å². The van der Waals surface area contributed by atoms with E-state index in [0.717, 1.165) is 42.4 Å². The minimum atomic E-state index is -0.496. The molecule has 1 aliphatic carbocycles. The minimum absolute atomic E-state index is 0.0518. The van der Waals surface area contributed by atoms with Crippen LogP contribution in [0.1, 0.15) is 55.7 Å². The number of nitrogens with zero attached hydrogens (tertiary/aromatic N) is 1. The molecule has 0 saturated heterocycles. The van der Waals surface area contributed by atoms with E-state index >= 15 is 0 Å². The van der Waals surface area contributed by atoms with Crippen LogP contribution in [0.4, 0.5) is 0 Å². The number of benzene rings is 2. The van der Waals surface area contributed by atoms with Crippen molar-refractivity contribution in [1.82, 2.24) is 10.2 Å². The SMILES string of the molecule is CC[C@H](C(=O)NC1CCCC1)N(Cc1ccc(C)cc1)C(=O)CSCc1c(Cl)cccc1Cl. The van der Waals surface area contributed by atoms with Crippen molar-refractivity contribution in [2.75, 3.05) is 5.75 Å². The zero-order valence-corrected chi connectivity index (χ0v) is 21.6. The molecule has 2 amide bonds. The molecule has 1 fully saturated rings. The molecule has 0 unspecified atom stereocenters. The second-order valence-corrected chi connectivity index (χ2v) is 10.4. The molecule has 2 aromatic rings. The van der Waals surface area contributed by atoms with Gasteiger partial charge in [0.05, 0.1) is 5.75 Å². The number of carbonyl (C=O) groups is 2. The molecule has 0 heterocycles. The number of rotatable bonds is 10. The normalized spacial score (nSPS) is 14.8. The van der Waals surface area contributed by atoms with Gasteiger partial charge in [-0.15, -0.1) is 11.8 Å². The first-order valence-corrected chi connectivity index (χ1v) is 13.5. The molecule has 1 aliphatic rings. The van der Waals surface area contributed by atoms with Gasteiger partial charge < -0.3 is 10.2 Å². The first-order chi connectivity index (χ1) is 15.9. The second-order valence-electron chi connectivity index (χ2n) is 8.61. The van der Waals surface area contributed by atoms with Gasteiger partial charge in [0.25, 0.3) is 0 Å². The topological polar surface area (TPSA) is 49.4 Å². The van der Waals surface area contributed by atoms with Gasteiger partial charge in [-0.2, -0.15) is 0 Å². The number of hydrogen-bond acceptors (Lipinski definition) is 3. The smallest absolute Gasteiger partial charge is 0.243 e. The molecule has 4 nitrogen and oxygen atoms in total. The highest BCUT2D eigenvalue weighted by Crippen LogP contribution is 2.28. The average Bonchev–Trinajstić information content (AvgIpc) is 3.30.